The van der Waals surface area contributed by atoms with E-state index in [9.17, 15) is 0 Å². The molecular weight excluding hydrogens is 258 g/mol. The van der Waals surface area contributed by atoms with Gasteiger partial charge in [-0.15, -0.1) is 0 Å². The minimum Gasteiger partial charge on any atom is -0.466 e. The Balaban J connectivity index is 2.19. The van der Waals surface area contributed by atoms with Crippen LogP contribution in [-0.4, -0.2) is 9.97 Å². The van der Waals surface area contributed by atoms with Crippen molar-refractivity contribution in [1.82, 2.24) is 4.98 Å². The van der Waals surface area contributed by atoms with Gasteiger partial charge in [-0.25, -0.2) is 0 Å². The van der Waals surface area contributed by atoms with Gasteiger partial charge in [0.05, 0.1) is 11.7 Å². The number of thiocarbonyl (C=S) groups is 1. The largest absolute Gasteiger partial charge is 0.466 e. The van der Waals surface area contributed by atoms with Crippen molar-refractivity contribution in [2.75, 3.05) is 5.32 Å². The first-order valence-corrected chi connectivity index (χ1v) is 6.47. The average Bonchev–Trinajstić information content (AvgIpc) is 2.69. The molecule has 19 heavy (non-hydrogen) atoms. The zero-order valence-electron chi connectivity index (χ0n) is 11.2. The summed E-state index contributed by atoms with van der Waals surface area (Å²) in [6.07, 6.45) is 1.69. The summed E-state index contributed by atoms with van der Waals surface area (Å²) in [5.41, 5.74) is 8.27. The third-order valence-corrected chi connectivity index (χ3v) is 3.15. The number of nitrogens with two attached hydrogens (primary N) is 1. The molecule has 2 heterocycles. The monoisotopic (exact) mass is 275 g/mol. The number of nitrogens with one attached hydrogen (secondary N) is 1. The van der Waals surface area contributed by atoms with E-state index in [1.54, 1.807) is 6.20 Å². The molecule has 0 radical (unpaired) electrons. The quantitative estimate of drug-likeness (QED) is 0.839. The van der Waals surface area contributed by atoms with E-state index in [1.165, 1.54) is 0 Å². The Labute approximate surface area is 118 Å². The van der Waals surface area contributed by atoms with E-state index in [-0.39, 0.29) is 6.04 Å². The minimum absolute atomic E-state index is 0.138. The van der Waals surface area contributed by atoms with Crippen LogP contribution in [-0.2, 0) is 0 Å². The number of aromatic nitrogens is 1. The maximum absolute atomic E-state index is 5.58. The third-order valence-electron chi connectivity index (χ3n) is 2.94. The first-order valence-electron chi connectivity index (χ1n) is 6.06. The number of pyridine rings is 1. The van der Waals surface area contributed by atoms with Crippen LogP contribution in [0.25, 0.3) is 0 Å². The van der Waals surface area contributed by atoms with Crippen LogP contribution in [0.3, 0.4) is 0 Å². The molecule has 4 nitrogen and oxygen atoms in total. The topological polar surface area (TPSA) is 64.1 Å². The van der Waals surface area contributed by atoms with Crippen molar-refractivity contribution in [2.45, 2.75) is 26.8 Å². The lowest BCUT2D eigenvalue weighted by molar-refractivity contribution is 0.500. The first-order chi connectivity index (χ1) is 8.97. The lowest BCUT2D eigenvalue weighted by Gasteiger charge is -2.15. The van der Waals surface area contributed by atoms with Crippen molar-refractivity contribution in [3.63, 3.8) is 0 Å². The van der Waals surface area contributed by atoms with Gasteiger partial charge in [0.25, 0.3) is 0 Å². The van der Waals surface area contributed by atoms with E-state index in [1.807, 2.05) is 32.0 Å². The molecule has 0 bridgehead atoms. The molecule has 0 aliphatic rings. The molecule has 0 spiro atoms. The van der Waals surface area contributed by atoms with Crippen molar-refractivity contribution in [2.24, 2.45) is 5.73 Å². The highest BCUT2D eigenvalue weighted by Gasteiger charge is 2.12. The van der Waals surface area contributed by atoms with Crippen LogP contribution in [0.2, 0.25) is 0 Å². The predicted octanol–water partition coefficient (Wildman–Crippen LogP) is 3.10. The Morgan fingerprint density at radius 2 is 2.16 bits per heavy atom. The molecular formula is C14H17N3OS. The summed E-state index contributed by atoms with van der Waals surface area (Å²) in [6, 6.07) is 5.92. The Morgan fingerprint density at radius 3 is 2.74 bits per heavy atom. The molecule has 0 aliphatic carbocycles. The lowest BCUT2D eigenvalue weighted by Crippen LogP contribution is -2.13. The lowest BCUT2D eigenvalue weighted by atomic mass is 10.1. The molecule has 5 heteroatoms. The van der Waals surface area contributed by atoms with Gasteiger partial charge in [0.2, 0.25) is 0 Å². The van der Waals surface area contributed by atoms with Gasteiger partial charge >= 0.3 is 0 Å². The first kappa shape index (κ1) is 13.5. The van der Waals surface area contributed by atoms with E-state index >= 15 is 0 Å². The molecule has 1 atom stereocenters. The highest BCUT2D eigenvalue weighted by Crippen LogP contribution is 2.24. The Kier molecular flexibility index (Phi) is 3.85. The summed E-state index contributed by atoms with van der Waals surface area (Å²) in [4.78, 5) is 4.41. The molecule has 0 amide bonds. The second kappa shape index (κ2) is 5.40. The summed E-state index contributed by atoms with van der Waals surface area (Å²) in [5.74, 6) is 1.85. The van der Waals surface area contributed by atoms with Gasteiger partial charge < -0.3 is 15.5 Å². The van der Waals surface area contributed by atoms with Gasteiger partial charge in [-0.1, -0.05) is 12.2 Å². The van der Waals surface area contributed by atoms with Gasteiger partial charge in [-0.2, -0.15) is 0 Å². The van der Waals surface area contributed by atoms with Crippen LogP contribution in [0.15, 0.2) is 28.8 Å². The number of hydrogen-bond donors (Lipinski definition) is 2. The van der Waals surface area contributed by atoms with Gasteiger partial charge in [-0.3, -0.25) is 4.98 Å². The van der Waals surface area contributed by atoms with E-state index in [2.05, 4.69) is 17.2 Å². The molecule has 0 saturated carbocycles. The second-order valence-electron chi connectivity index (χ2n) is 4.53. The van der Waals surface area contributed by atoms with Gasteiger partial charge in [-0.05, 0) is 39.0 Å². The Hall–Kier alpha value is -1.88. The summed E-state index contributed by atoms with van der Waals surface area (Å²) < 4.78 is 5.54. The number of furan rings is 1. The molecule has 2 rings (SSSR count). The molecule has 2 aromatic heterocycles. The van der Waals surface area contributed by atoms with Crippen LogP contribution in [0.5, 0.6) is 0 Å². The summed E-state index contributed by atoms with van der Waals surface area (Å²) in [6.45, 7) is 5.99. The molecule has 0 aromatic carbocycles. The number of nitrogens with zero attached hydrogens (tertiary/aromatic N) is 1. The minimum atomic E-state index is 0.138. The van der Waals surface area contributed by atoms with Gasteiger partial charge in [0.1, 0.15) is 16.5 Å². The maximum atomic E-state index is 5.58. The zero-order chi connectivity index (χ0) is 14.0. The van der Waals surface area contributed by atoms with Gasteiger partial charge in [0.15, 0.2) is 0 Å². The second-order valence-corrected chi connectivity index (χ2v) is 4.97. The van der Waals surface area contributed by atoms with Crippen LogP contribution >= 0.6 is 12.2 Å². The fourth-order valence-electron chi connectivity index (χ4n) is 2.06. The third kappa shape index (κ3) is 3.12. The highest BCUT2D eigenvalue weighted by atomic mass is 32.1. The van der Waals surface area contributed by atoms with Crippen LogP contribution < -0.4 is 11.1 Å². The molecule has 3 N–H and O–H groups in total. The van der Waals surface area contributed by atoms with Gasteiger partial charge in [0, 0.05) is 17.4 Å². The zero-order valence-corrected chi connectivity index (χ0v) is 12.0. The molecule has 2 aromatic rings. The van der Waals surface area contributed by atoms with Crippen LogP contribution in [0.1, 0.15) is 35.7 Å². The van der Waals surface area contributed by atoms with Crippen LogP contribution in [0, 0.1) is 13.8 Å². The molecule has 0 aliphatic heterocycles. The number of aryl methyl sites for hydroxylation is 2. The van der Waals surface area contributed by atoms with Crippen molar-refractivity contribution in [1.29, 1.82) is 0 Å². The van der Waals surface area contributed by atoms with E-state index in [4.69, 9.17) is 22.4 Å². The molecule has 100 valence electrons. The molecule has 0 saturated heterocycles. The van der Waals surface area contributed by atoms with Crippen molar-refractivity contribution in [3.05, 3.63) is 47.2 Å². The fourth-order valence-corrected chi connectivity index (χ4v) is 2.17. The van der Waals surface area contributed by atoms with Crippen molar-refractivity contribution in [3.8, 4) is 0 Å². The number of hydrogen-bond acceptors (Lipinski definition) is 4. The summed E-state index contributed by atoms with van der Waals surface area (Å²) in [5, 5.41) is 3.39. The van der Waals surface area contributed by atoms with Crippen molar-refractivity contribution >= 4 is 22.9 Å². The summed E-state index contributed by atoms with van der Waals surface area (Å²) >= 11 is 4.93. The number of rotatable bonds is 4. The van der Waals surface area contributed by atoms with Crippen LogP contribution in [0.4, 0.5) is 5.69 Å². The normalized spacial score (nSPS) is 12.2. The smallest absolute Gasteiger partial charge is 0.122 e. The average molecular weight is 275 g/mol. The Bertz CT molecular complexity index is 606. The fraction of sp³-hybridized carbons (Fsp3) is 0.286. The van der Waals surface area contributed by atoms with Crippen molar-refractivity contribution < 1.29 is 4.42 Å². The SMILES string of the molecule is Cc1cc(C(C)Nc2ccnc(C(N)=S)c2)c(C)o1. The highest BCUT2D eigenvalue weighted by molar-refractivity contribution is 7.80. The molecule has 1 unspecified atom stereocenters. The predicted molar refractivity (Wildman–Crippen MR) is 80.3 cm³/mol. The number of anilines is 1. The molecule has 0 fully saturated rings. The summed E-state index contributed by atoms with van der Waals surface area (Å²) in [7, 11) is 0. The Morgan fingerprint density at radius 1 is 1.42 bits per heavy atom. The van der Waals surface area contributed by atoms with E-state index < -0.39 is 0 Å². The van der Waals surface area contributed by atoms with E-state index in [0.717, 1.165) is 22.8 Å². The van der Waals surface area contributed by atoms with E-state index in [0.29, 0.717) is 10.7 Å². The maximum Gasteiger partial charge on any atom is 0.122 e. The standard InChI is InChI=1S/C14H17N3OS/c1-8-6-12(10(3)18-8)9(2)17-11-4-5-16-13(7-11)14(15)19/h4-7,9H,1-3H3,(H2,15,19)(H,16,17).